The van der Waals surface area contributed by atoms with Crippen LogP contribution in [-0.2, 0) is 6.42 Å². The van der Waals surface area contributed by atoms with Crippen LogP contribution in [0.3, 0.4) is 0 Å². The van der Waals surface area contributed by atoms with E-state index in [-0.39, 0.29) is 11.6 Å². The molecule has 0 unspecified atom stereocenters. The van der Waals surface area contributed by atoms with Crippen LogP contribution in [-0.4, -0.2) is 26.2 Å². The van der Waals surface area contributed by atoms with Crippen molar-refractivity contribution in [1.82, 2.24) is 20.3 Å². The Kier molecular flexibility index (Phi) is 4.45. The number of H-pyrrole nitrogens is 1. The SMILES string of the molecule is O=C(Nc1ccccc1Cc1nc(-c2ccco2)no1)c1cc(-c2ccco2)[nH]n1. The van der Waals surface area contributed by atoms with E-state index >= 15 is 0 Å². The third-order valence-corrected chi connectivity index (χ3v) is 4.41. The molecule has 148 valence electrons. The number of nitrogens with zero attached hydrogens (tertiary/aromatic N) is 3. The Morgan fingerprint density at radius 2 is 1.80 bits per heavy atom. The molecule has 0 saturated carbocycles. The summed E-state index contributed by atoms with van der Waals surface area (Å²) in [6, 6.07) is 16.1. The number of aromatic amines is 1. The van der Waals surface area contributed by atoms with Gasteiger partial charge in [0.1, 0.15) is 5.69 Å². The fourth-order valence-corrected chi connectivity index (χ4v) is 2.97. The molecule has 0 fully saturated rings. The average Bonchev–Trinajstić information content (AvgIpc) is 3.56. The van der Waals surface area contributed by atoms with Gasteiger partial charge in [-0.3, -0.25) is 9.89 Å². The lowest BCUT2D eigenvalue weighted by atomic mass is 10.1. The van der Waals surface area contributed by atoms with E-state index in [1.165, 1.54) is 0 Å². The molecule has 0 bridgehead atoms. The summed E-state index contributed by atoms with van der Waals surface area (Å²) in [5.41, 5.74) is 2.31. The third-order valence-electron chi connectivity index (χ3n) is 4.41. The first-order chi connectivity index (χ1) is 14.8. The van der Waals surface area contributed by atoms with E-state index in [0.717, 1.165) is 5.56 Å². The lowest BCUT2D eigenvalue weighted by molar-refractivity contribution is 0.102. The zero-order chi connectivity index (χ0) is 20.3. The van der Waals surface area contributed by atoms with Crippen molar-refractivity contribution in [3.05, 3.63) is 84.3 Å². The monoisotopic (exact) mass is 401 g/mol. The summed E-state index contributed by atoms with van der Waals surface area (Å²) in [4.78, 5) is 17.0. The van der Waals surface area contributed by atoms with Gasteiger partial charge in [-0.1, -0.05) is 23.4 Å². The van der Waals surface area contributed by atoms with E-state index in [4.69, 9.17) is 13.4 Å². The van der Waals surface area contributed by atoms with E-state index < -0.39 is 0 Å². The average molecular weight is 401 g/mol. The highest BCUT2D eigenvalue weighted by molar-refractivity contribution is 6.03. The van der Waals surface area contributed by atoms with Gasteiger partial charge in [0.2, 0.25) is 11.7 Å². The number of para-hydroxylation sites is 1. The van der Waals surface area contributed by atoms with E-state index in [1.807, 2.05) is 18.2 Å². The Morgan fingerprint density at radius 3 is 2.60 bits per heavy atom. The Balaban J connectivity index is 1.33. The predicted octanol–water partition coefficient (Wildman–Crippen LogP) is 4.16. The van der Waals surface area contributed by atoms with E-state index in [9.17, 15) is 4.79 Å². The number of rotatable bonds is 6. The Hall–Kier alpha value is -4.40. The van der Waals surface area contributed by atoms with E-state index in [1.54, 1.807) is 48.9 Å². The minimum atomic E-state index is -0.349. The van der Waals surface area contributed by atoms with Crippen LogP contribution >= 0.6 is 0 Å². The van der Waals surface area contributed by atoms with Crippen LogP contribution < -0.4 is 5.32 Å². The molecular weight excluding hydrogens is 386 g/mol. The molecule has 1 amide bonds. The van der Waals surface area contributed by atoms with Crippen molar-refractivity contribution in [2.75, 3.05) is 5.32 Å². The highest BCUT2D eigenvalue weighted by Crippen LogP contribution is 2.23. The van der Waals surface area contributed by atoms with Gasteiger partial charge in [0, 0.05) is 11.8 Å². The maximum Gasteiger partial charge on any atom is 0.276 e. The molecule has 5 rings (SSSR count). The predicted molar refractivity (Wildman–Crippen MR) is 105 cm³/mol. The first kappa shape index (κ1) is 17.7. The fourth-order valence-electron chi connectivity index (χ4n) is 2.97. The van der Waals surface area contributed by atoms with Crippen molar-refractivity contribution >= 4 is 11.6 Å². The topological polar surface area (TPSA) is 123 Å². The number of carbonyl (C=O) groups excluding carboxylic acids is 1. The normalized spacial score (nSPS) is 10.9. The van der Waals surface area contributed by atoms with Crippen LogP contribution in [0.1, 0.15) is 21.9 Å². The number of nitrogens with one attached hydrogen (secondary N) is 2. The second-order valence-corrected chi connectivity index (χ2v) is 6.42. The summed E-state index contributed by atoms with van der Waals surface area (Å²) in [7, 11) is 0. The van der Waals surface area contributed by atoms with Gasteiger partial charge in [-0.25, -0.2) is 0 Å². The summed E-state index contributed by atoms with van der Waals surface area (Å²) < 4.78 is 15.9. The number of amides is 1. The molecule has 0 aliphatic rings. The van der Waals surface area contributed by atoms with Gasteiger partial charge < -0.3 is 18.7 Å². The fraction of sp³-hybridized carbons (Fsp3) is 0.0476. The molecule has 0 atom stereocenters. The molecule has 1 aromatic carbocycles. The van der Waals surface area contributed by atoms with Crippen LogP contribution in [0.5, 0.6) is 0 Å². The summed E-state index contributed by atoms with van der Waals surface area (Å²) in [6.45, 7) is 0. The minimum Gasteiger partial charge on any atom is -0.463 e. The molecule has 0 radical (unpaired) electrons. The summed E-state index contributed by atoms with van der Waals surface area (Å²) >= 11 is 0. The summed E-state index contributed by atoms with van der Waals surface area (Å²) in [5.74, 6) is 1.56. The number of anilines is 1. The first-order valence-electron chi connectivity index (χ1n) is 9.11. The lowest BCUT2D eigenvalue weighted by Crippen LogP contribution is -2.14. The van der Waals surface area contributed by atoms with E-state index in [0.29, 0.717) is 41.0 Å². The molecule has 30 heavy (non-hydrogen) atoms. The minimum absolute atomic E-state index is 0.245. The molecule has 4 aromatic heterocycles. The summed E-state index contributed by atoms with van der Waals surface area (Å²) in [5, 5.41) is 13.7. The highest BCUT2D eigenvalue weighted by Gasteiger charge is 2.16. The van der Waals surface area contributed by atoms with Crippen molar-refractivity contribution < 1.29 is 18.2 Å². The molecule has 0 aliphatic carbocycles. The Labute approximate surface area is 169 Å². The quantitative estimate of drug-likeness (QED) is 0.438. The number of hydrogen-bond acceptors (Lipinski definition) is 7. The lowest BCUT2D eigenvalue weighted by Gasteiger charge is -2.08. The van der Waals surface area contributed by atoms with Gasteiger partial charge in [-0.05, 0) is 35.9 Å². The Morgan fingerprint density at radius 1 is 1.00 bits per heavy atom. The number of furan rings is 2. The molecule has 4 heterocycles. The number of carbonyl (C=O) groups is 1. The molecule has 5 aromatic rings. The Bertz CT molecular complexity index is 1270. The molecular formula is C21H15N5O4. The smallest absolute Gasteiger partial charge is 0.276 e. The van der Waals surface area contributed by atoms with Gasteiger partial charge in [0.05, 0.1) is 18.9 Å². The molecule has 0 spiro atoms. The van der Waals surface area contributed by atoms with E-state index in [2.05, 4.69) is 25.7 Å². The molecule has 9 heteroatoms. The van der Waals surface area contributed by atoms with Crippen LogP contribution in [0.25, 0.3) is 23.0 Å². The van der Waals surface area contributed by atoms with Crippen molar-refractivity contribution in [2.24, 2.45) is 0 Å². The maximum absolute atomic E-state index is 12.7. The zero-order valence-electron chi connectivity index (χ0n) is 15.5. The van der Waals surface area contributed by atoms with Crippen molar-refractivity contribution in [3.63, 3.8) is 0 Å². The van der Waals surface area contributed by atoms with Crippen LogP contribution in [0.15, 0.2) is 80.5 Å². The maximum atomic E-state index is 12.7. The van der Waals surface area contributed by atoms with Gasteiger partial charge in [0.25, 0.3) is 5.91 Å². The largest absolute Gasteiger partial charge is 0.463 e. The van der Waals surface area contributed by atoms with Crippen molar-refractivity contribution in [1.29, 1.82) is 0 Å². The van der Waals surface area contributed by atoms with Crippen LogP contribution in [0.2, 0.25) is 0 Å². The third kappa shape index (κ3) is 3.51. The van der Waals surface area contributed by atoms with Crippen LogP contribution in [0, 0.1) is 0 Å². The number of aromatic nitrogens is 4. The first-order valence-corrected chi connectivity index (χ1v) is 9.11. The van der Waals surface area contributed by atoms with Gasteiger partial charge >= 0.3 is 0 Å². The van der Waals surface area contributed by atoms with Crippen molar-refractivity contribution in [3.8, 4) is 23.0 Å². The zero-order valence-corrected chi connectivity index (χ0v) is 15.5. The highest BCUT2D eigenvalue weighted by atomic mass is 16.5. The summed E-state index contributed by atoms with van der Waals surface area (Å²) in [6.07, 6.45) is 3.45. The van der Waals surface area contributed by atoms with Crippen molar-refractivity contribution in [2.45, 2.75) is 6.42 Å². The second kappa shape index (κ2) is 7.55. The standard InChI is InChI=1S/C21H15N5O4/c27-21(16-12-15(24-25-16)17-7-3-9-28-17)22-14-6-2-1-5-13(14)11-19-23-20(26-30-19)18-8-4-10-29-18/h1-10,12H,11H2,(H,22,27)(H,24,25). The van der Waals surface area contributed by atoms with Gasteiger partial charge in [-0.15, -0.1) is 0 Å². The van der Waals surface area contributed by atoms with Crippen LogP contribution in [0.4, 0.5) is 5.69 Å². The molecule has 0 aliphatic heterocycles. The molecule has 9 nitrogen and oxygen atoms in total. The number of hydrogen-bond donors (Lipinski definition) is 2. The number of benzene rings is 1. The van der Waals surface area contributed by atoms with Gasteiger partial charge in [-0.2, -0.15) is 10.1 Å². The second-order valence-electron chi connectivity index (χ2n) is 6.42. The van der Waals surface area contributed by atoms with Gasteiger partial charge in [0.15, 0.2) is 17.2 Å². The molecule has 0 saturated heterocycles. The molecule has 2 N–H and O–H groups in total.